The van der Waals surface area contributed by atoms with Crippen molar-refractivity contribution in [1.29, 1.82) is 0 Å². The molecule has 0 bridgehead atoms. The van der Waals surface area contributed by atoms with E-state index in [-0.39, 0.29) is 0 Å². The molecule has 0 fully saturated rings. The van der Waals surface area contributed by atoms with Crippen molar-refractivity contribution >= 4 is 22.5 Å². The van der Waals surface area contributed by atoms with Crippen molar-refractivity contribution in [2.24, 2.45) is 0 Å². The van der Waals surface area contributed by atoms with Crippen molar-refractivity contribution in [3.63, 3.8) is 0 Å². The first-order chi connectivity index (χ1) is 7.65. The zero-order valence-corrected chi connectivity index (χ0v) is 8.92. The van der Waals surface area contributed by atoms with Gasteiger partial charge in [0, 0.05) is 5.39 Å². The van der Waals surface area contributed by atoms with Crippen LogP contribution in [0.3, 0.4) is 0 Å². The van der Waals surface area contributed by atoms with Crippen LogP contribution < -0.4 is 4.74 Å². The van der Waals surface area contributed by atoms with Gasteiger partial charge in [-0.1, -0.05) is 11.6 Å². The van der Waals surface area contributed by atoms with Gasteiger partial charge in [-0.05, 0) is 30.3 Å². The van der Waals surface area contributed by atoms with E-state index in [2.05, 4.69) is 4.98 Å². The molecule has 0 atom stereocenters. The number of hydrogen-bond donors (Lipinski definition) is 0. The number of hydrogen-bond acceptors (Lipinski definition) is 2. The van der Waals surface area contributed by atoms with Crippen LogP contribution in [0.2, 0.25) is 5.15 Å². The number of alkyl halides is 2. The molecule has 1 aromatic heterocycles. The van der Waals surface area contributed by atoms with Crippen LogP contribution in [0.1, 0.15) is 0 Å². The molecule has 5 heteroatoms. The number of pyridine rings is 1. The number of rotatable bonds is 3. The molecular weight excluding hydrogens is 236 g/mol. The lowest BCUT2D eigenvalue weighted by Crippen LogP contribution is -2.06. The Morgan fingerprint density at radius 2 is 2.06 bits per heavy atom. The van der Waals surface area contributed by atoms with E-state index in [1.165, 1.54) is 0 Å². The van der Waals surface area contributed by atoms with Gasteiger partial charge in [-0.3, -0.25) is 0 Å². The second-order valence-corrected chi connectivity index (χ2v) is 3.58. The fourth-order valence-electron chi connectivity index (χ4n) is 1.33. The smallest absolute Gasteiger partial charge is 0.272 e. The van der Waals surface area contributed by atoms with Gasteiger partial charge in [-0.15, -0.1) is 0 Å². The number of halogens is 3. The maximum Gasteiger partial charge on any atom is 0.272 e. The maximum atomic E-state index is 11.9. The molecule has 0 amide bonds. The minimum Gasteiger partial charge on any atom is -0.488 e. The Morgan fingerprint density at radius 3 is 2.81 bits per heavy atom. The van der Waals surface area contributed by atoms with E-state index >= 15 is 0 Å². The highest BCUT2D eigenvalue weighted by atomic mass is 35.5. The van der Waals surface area contributed by atoms with E-state index in [0.29, 0.717) is 16.4 Å². The van der Waals surface area contributed by atoms with Gasteiger partial charge in [0.2, 0.25) is 0 Å². The fourth-order valence-corrected chi connectivity index (χ4v) is 1.48. The zero-order valence-electron chi connectivity index (χ0n) is 8.16. The van der Waals surface area contributed by atoms with Crippen molar-refractivity contribution in [2.75, 3.05) is 6.61 Å². The highest BCUT2D eigenvalue weighted by Crippen LogP contribution is 2.21. The monoisotopic (exact) mass is 243 g/mol. The molecule has 0 unspecified atom stereocenters. The van der Waals surface area contributed by atoms with Gasteiger partial charge >= 0.3 is 0 Å². The summed E-state index contributed by atoms with van der Waals surface area (Å²) >= 11 is 5.72. The van der Waals surface area contributed by atoms with Gasteiger partial charge in [0.25, 0.3) is 6.43 Å². The third-order valence-corrected chi connectivity index (χ3v) is 2.21. The summed E-state index contributed by atoms with van der Waals surface area (Å²) in [5.41, 5.74) is 0.705. The summed E-state index contributed by atoms with van der Waals surface area (Å²) in [4.78, 5) is 4.07. The Hall–Kier alpha value is -1.42. The number of aromatic nitrogens is 1. The average molecular weight is 244 g/mol. The molecule has 0 aliphatic carbocycles. The van der Waals surface area contributed by atoms with Gasteiger partial charge in [0.05, 0.1) is 5.52 Å². The SMILES string of the molecule is FC(F)COc1ccc2nc(Cl)ccc2c1. The molecular formula is C11H8ClF2NO. The van der Waals surface area contributed by atoms with Gasteiger partial charge in [0.15, 0.2) is 0 Å². The number of fused-ring (bicyclic) bond motifs is 1. The van der Waals surface area contributed by atoms with Crippen molar-refractivity contribution < 1.29 is 13.5 Å². The van der Waals surface area contributed by atoms with Crippen LogP contribution in [0.4, 0.5) is 8.78 Å². The molecule has 16 heavy (non-hydrogen) atoms. The molecule has 0 radical (unpaired) electrons. The zero-order chi connectivity index (χ0) is 11.5. The fraction of sp³-hybridized carbons (Fsp3) is 0.182. The molecule has 1 aromatic carbocycles. The van der Waals surface area contributed by atoms with Gasteiger partial charge in [-0.2, -0.15) is 0 Å². The number of nitrogens with zero attached hydrogens (tertiary/aromatic N) is 1. The quantitative estimate of drug-likeness (QED) is 0.770. The maximum absolute atomic E-state index is 11.9. The predicted octanol–water partition coefficient (Wildman–Crippen LogP) is 3.53. The van der Waals surface area contributed by atoms with Crippen LogP contribution >= 0.6 is 11.6 Å². The van der Waals surface area contributed by atoms with Crippen molar-refractivity contribution in [3.05, 3.63) is 35.5 Å². The summed E-state index contributed by atoms with van der Waals surface area (Å²) in [5.74, 6) is 0.400. The van der Waals surface area contributed by atoms with Gasteiger partial charge in [-0.25, -0.2) is 13.8 Å². The molecule has 0 aliphatic heterocycles. The molecule has 84 valence electrons. The first-order valence-corrected chi connectivity index (χ1v) is 5.00. The first kappa shape index (κ1) is 11.1. The Labute approximate surface area is 95.8 Å². The molecule has 2 aromatic rings. The van der Waals surface area contributed by atoms with E-state index in [9.17, 15) is 8.78 Å². The van der Waals surface area contributed by atoms with Gasteiger partial charge in [0.1, 0.15) is 17.5 Å². The molecule has 2 rings (SSSR count). The van der Waals surface area contributed by atoms with Crippen molar-refractivity contribution in [1.82, 2.24) is 4.98 Å². The Morgan fingerprint density at radius 1 is 1.25 bits per heavy atom. The minimum atomic E-state index is -2.47. The third kappa shape index (κ3) is 2.58. The Balaban J connectivity index is 2.26. The lowest BCUT2D eigenvalue weighted by molar-refractivity contribution is 0.0820. The normalized spacial score (nSPS) is 11.0. The van der Waals surface area contributed by atoms with Crippen molar-refractivity contribution in [2.45, 2.75) is 6.43 Å². The lowest BCUT2D eigenvalue weighted by Gasteiger charge is -2.06. The van der Waals surface area contributed by atoms with Crippen LogP contribution in [0, 0.1) is 0 Å². The van der Waals surface area contributed by atoms with E-state index in [0.717, 1.165) is 5.39 Å². The topological polar surface area (TPSA) is 22.1 Å². The summed E-state index contributed by atoms with van der Waals surface area (Å²) in [6, 6.07) is 8.33. The Bertz CT molecular complexity index is 504. The van der Waals surface area contributed by atoms with Crippen molar-refractivity contribution in [3.8, 4) is 5.75 Å². The van der Waals surface area contributed by atoms with Crippen LogP contribution in [-0.4, -0.2) is 18.0 Å². The standard InChI is InChI=1S/C11H8ClF2NO/c12-10-4-1-7-5-8(16-6-11(13)14)2-3-9(7)15-10/h1-5,11H,6H2. The molecule has 0 aliphatic rings. The van der Waals surface area contributed by atoms with E-state index < -0.39 is 13.0 Å². The van der Waals surface area contributed by atoms with Crippen LogP contribution in [0.25, 0.3) is 10.9 Å². The van der Waals surface area contributed by atoms with Crippen LogP contribution in [0.5, 0.6) is 5.75 Å². The molecule has 0 saturated carbocycles. The largest absolute Gasteiger partial charge is 0.488 e. The first-order valence-electron chi connectivity index (χ1n) is 4.62. The molecule has 0 saturated heterocycles. The van der Waals surface area contributed by atoms with Crippen LogP contribution in [0.15, 0.2) is 30.3 Å². The third-order valence-electron chi connectivity index (χ3n) is 2.00. The lowest BCUT2D eigenvalue weighted by atomic mass is 10.2. The Kier molecular flexibility index (Phi) is 3.19. The molecule has 2 nitrogen and oxygen atoms in total. The molecule has 0 N–H and O–H groups in total. The summed E-state index contributed by atoms with van der Waals surface area (Å²) in [7, 11) is 0. The average Bonchev–Trinajstić information content (AvgIpc) is 2.26. The molecule has 0 spiro atoms. The second kappa shape index (κ2) is 4.61. The van der Waals surface area contributed by atoms with Crippen LogP contribution in [-0.2, 0) is 0 Å². The number of benzene rings is 1. The van der Waals surface area contributed by atoms with E-state index in [4.69, 9.17) is 16.3 Å². The van der Waals surface area contributed by atoms with Gasteiger partial charge < -0.3 is 4.74 Å². The highest BCUT2D eigenvalue weighted by molar-refractivity contribution is 6.29. The van der Waals surface area contributed by atoms with E-state index in [1.54, 1.807) is 30.3 Å². The molecule has 1 heterocycles. The minimum absolute atomic E-state index is 0.397. The second-order valence-electron chi connectivity index (χ2n) is 3.19. The summed E-state index contributed by atoms with van der Waals surface area (Å²) in [5, 5.41) is 1.20. The summed E-state index contributed by atoms with van der Waals surface area (Å²) in [6.45, 7) is -0.605. The highest BCUT2D eigenvalue weighted by Gasteiger charge is 2.04. The number of ether oxygens (including phenoxy) is 1. The summed E-state index contributed by atoms with van der Waals surface area (Å²) in [6.07, 6.45) is -2.47. The van der Waals surface area contributed by atoms with E-state index in [1.807, 2.05) is 0 Å². The summed E-state index contributed by atoms with van der Waals surface area (Å²) < 4.78 is 28.8. The predicted molar refractivity (Wildman–Crippen MR) is 58.3 cm³/mol.